The molecule has 0 fully saturated rings. The lowest BCUT2D eigenvalue weighted by Gasteiger charge is -2.10. The van der Waals surface area contributed by atoms with Gasteiger partial charge in [-0.15, -0.1) is 24.8 Å². The van der Waals surface area contributed by atoms with Crippen LogP contribution in [0.3, 0.4) is 0 Å². The highest BCUT2D eigenvalue weighted by Crippen LogP contribution is 2.24. The molecule has 0 amide bonds. The van der Waals surface area contributed by atoms with Crippen LogP contribution < -0.4 is 5.73 Å². The summed E-state index contributed by atoms with van der Waals surface area (Å²) in [5, 5.41) is 0. The molecule has 0 saturated heterocycles. The molecule has 2 N–H and O–H groups in total. The Balaban J connectivity index is 0.00000121. The van der Waals surface area contributed by atoms with Crippen LogP contribution >= 0.6 is 24.8 Å². The Morgan fingerprint density at radius 3 is 2.36 bits per heavy atom. The van der Waals surface area contributed by atoms with Gasteiger partial charge in [0.1, 0.15) is 23.3 Å². The molecule has 0 saturated carbocycles. The summed E-state index contributed by atoms with van der Waals surface area (Å²) < 4.78 is 28.1. The summed E-state index contributed by atoms with van der Waals surface area (Å²) >= 11 is 0. The third-order valence-electron chi connectivity index (χ3n) is 2.99. The molecule has 0 aliphatic heterocycles. The monoisotopic (exact) mass is 346 g/mol. The van der Waals surface area contributed by atoms with Gasteiger partial charge in [0, 0.05) is 6.07 Å². The highest BCUT2D eigenvalue weighted by Gasteiger charge is 2.16. The molecular weight excluding hydrogens is 333 g/mol. The molecule has 0 aliphatic rings. The Morgan fingerprint density at radius 1 is 1.09 bits per heavy atom. The molecule has 1 unspecified atom stereocenters. The molecule has 3 rings (SSSR count). The Kier molecular flexibility index (Phi) is 5.82. The average molecular weight is 347 g/mol. The van der Waals surface area contributed by atoms with Crippen molar-refractivity contribution in [1.82, 2.24) is 14.5 Å². The minimum absolute atomic E-state index is 0. The highest BCUT2D eigenvalue weighted by molar-refractivity contribution is 5.85. The fraction of sp³-hybridized carbons (Fsp3) is 0.143. The predicted molar refractivity (Wildman–Crippen MR) is 85.9 cm³/mol. The van der Waals surface area contributed by atoms with Gasteiger partial charge in [-0.3, -0.25) is 4.57 Å². The van der Waals surface area contributed by atoms with Gasteiger partial charge in [-0.05, 0) is 31.2 Å². The number of halogens is 4. The van der Waals surface area contributed by atoms with Gasteiger partial charge in [-0.2, -0.15) is 0 Å². The van der Waals surface area contributed by atoms with E-state index in [1.165, 1.54) is 24.3 Å². The van der Waals surface area contributed by atoms with Crippen molar-refractivity contribution in [2.45, 2.75) is 13.0 Å². The summed E-state index contributed by atoms with van der Waals surface area (Å²) in [6.07, 6.45) is 1.10. The summed E-state index contributed by atoms with van der Waals surface area (Å²) in [4.78, 5) is 8.40. The fourth-order valence-electron chi connectivity index (χ4n) is 2.11. The van der Waals surface area contributed by atoms with Gasteiger partial charge >= 0.3 is 0 Å². The van der Waals surface area contributed by atoms with E-state index in [-0.39, 0.29) is 36.7 Å². The van der Waals surface area contributed by atoms with E-state index in [9.17, 15) is 8.78 Å². The minimum atomic E-state index is -0.438. The van der Waals surface area contributed by atoms with Crippen LogP contribution in [0.4, 0.5) is 8.78 Å². The second-order valence-electron chi connectivity index (χ2n) is 4.56. The Morgan fingerprint density at radius 2 is 1.77 bits per heavy atom. The molecular formula is C14H14Cl2F2N4. The number of aromatic nitrogens is 3. The number of hydrogen-bond acceptors (Lipinski definition) is 3. The minimum Gasteiger partial charge on any atom is -0.322 e. The molecule has 8 heteroatoms. The summed E-state index contributed by atoms with van der Waals surface area (Å²) in [6.45, 7) is 1.78. The first kappa shape index (κ1) is 18.3. The summed E-state index contributed by atoms with van der Waals surface area (Å²) in [5.41, 5.74) is 7.07. The van der Waals surface area contributed by atoms with Crippen LogP contribution in [0.15, 0.2) is 36.5 Å². The van der Waals surface area contributed by atoms with E-state index in [2.05, 4.69) is 9.97 Å². The molecule has 4 nitrogen and oxygen atoms in total. The number of nitrogens with zero attached hydrogens (tertiary/aromatic N) is 3. The number of fused-ring (bicyclic) bond motifs is 1. The van der Waals surface area contributed by atoms with Crippen molar-refractivity contribution < 1.29 is 8.78 Å². The quantitative estimate of drug-likeness (QED) is 0.771. The van der Waals surface area contributed by atoms with Gasteiger partial charge in [-0.25, -0.2) is 18.7 Å². The molecule has 0 bridgehead atoms. The summed E-state index contributed by atoms with van der Waals surface area (Å²) in [5.74, 6) is 0.181. The molecule has 2 aromatic heterocycles. The highest BCUT2D eigenvalue weighted by atomic mass is 35.5. The van der Waals surface area contributed by atoms with Gasteiger partial charge in [0.15, 0.2) is 0 Å². The maximum atomic E-state index is 13.5. The number of nitrogens with two attached hydrogens (primary N) is 1. The van der Waals surface area contributed by atoms with Crippen LogP contribution in [-0.4, -0.2) is 14.5 Å². The second-order valence-corrected chi connectivity index (χ2v) is 4.56. The van der Waals surface area contributed by atoms with E-state index in [4.69, 9.17) is 5.73 Å². The first-order valence-electron chi connectivity index (χ1n) is 6.11. The molecule has 118 valence electrons. The number of hydrogen-bond donors (Lipinski definition) is 1. The van der Waals surface area contributed by atoms with E-state index >= 15 is 0 Å². The van der Waals surface area contributed by atoms with E-state index in [1.807, 2.05) is 0 Å². The van der Waals surface area contributed by atoms with Gasteiger partial charge in [0.25, 0.3) is 0 Å². The van der Waals surface area contributed by atoms with Crippen molar-refractivity contribution >= 4 is 35.8 Å². The molecule has 1 atom stereocenters. The fourth-order valence-corrected chi connectivity index (χ4v) is 2.11. The first-order chi connectivity index (χ1) is 9.56. The van der Waals surface area contributed by atoms with Crippen molar-refractivity contribution in [1.29, 1.82) is 0 Å². The van der Waals surface area contributed by atoms with E-state index < -0.39 is 5.82 Å². The van der Waals surface area contributed by atoms with Gasteiger partial charge in [-0.1, -0.05) is 0 Å². The largest absolute Gasteiger partial charge is 0.322 e. The lowest BCUT2D eigenvalue weighted by Crippen LogP contribution is -2.13. The number of benzene rings is 1. The third kappa shape index (κ3) is 3.19. The Labute approximate surface area is 138 Å². The summed E-state index contributed by atoms with van der Waals surface area (Å²) in [6, 6.07) is 6.71. The van der Waals surface area contributed by atoms with Crippen LogP contribution in [0.1, 0.15) is 18.8 Å². The van der Waals surface area contributed by atoms with Crippen molar-refractivity contribution in [2.75, 3.05) is 0 Å². The molecule has 0 aliphatic carbocycles. The lowest BCUT2D eigenvalue weighted by atomic mass is 10.3. The average Bonchev–Trinajstić information content (AvgIpc) is 2.78. The maximum absolute atomic E-state index is 13.5. The normalized spacial score (nSPS) is 11.6. The van der Waals surface area contributed by atoms with E-state index in [0.29, 0.717) is 22.7 Å². The van der Waals surface area contributed by atoms with Crippen LogP contribution in [0, 0.1) is 11.6 Å². The van der Waals surface area contributed by atoms with E-state index in [0.717, 1.165) is 6.20 Å². The van der Waals surface area contributed by atoms with Gasteiger partial charge in [0.2, 0.25) is 0 Å². The third-order valence-corrected chi connectivity index (χ3v) is 2.99. The standard InChI is InChI=1S/C14H12F2N4.2ClH/c1-8(17)14-19-11-4-2-9(15)6-12(11)20(14)13-5-3-10(16)7-18-13;;/h2-8H,17H2,1H3;2*1H. The Hall–Kier alpha value is -1.76. The van der Waals surface area contributed by atoms with Crippen LogP contribution in [0.25, 0.3) is 16.9 Å². The molecule has 2 heterocycles. The topological polar surface area (TPSA) is 56.7 Å². The first-order valence-corrected chi connectivity index (χ1v) is 6.11. The predicted octanol–water partition coefficient (Wildman–Crippen LogP) is 3.56. The van der Waals surface area contributed by atoms with E-state index in [1.54, 1.807) is 17.6 Å². The van der Waals surface area contributed by atoms with Crippen molar-refractivity contribution in [3.05, 3.63) is 54.0 Å². The van der Waals surface area contributed by atoms with Crippen LogP contribution in [-0.2, 0) is 0 Å². The smallest absolute Gasteiger partial charge is 0.141 e. The SMILES string of the molecule is CC(N)c1nc2ccc(F)cc2n1-c1ccc(F)cn1.Cl.Cl. The summed E-state index contributed by atoms with van der Waals surface area (Å²) in [7, 11) is 0. The van der Waals surface area contributed by atoms with Crippen LogP contribution in [0.2, 0.25) is 0 Å². The second kappa shape index (κ2) is 7.00. The van der Waals surface area contributed by atoms with Crippen molar-refractivity contribution in [3.63, 3.8) is 0 Å². The van der Waals surface area contributed by atoms with Crippen LogP contribution in [0.5, 0.6) is 0 Å². The lowest BCUT2D eigenvalue weighted by molar-refractivity contribution is 0.619. The van der Waals surface area contributed by atoms with Gasteiger partial charge in [0.05, 0.1) is 23.3 Å². The van der Waals surface area contributed by atoms with Gasteiger partial charge < -0.3 is 5.73 Å². The molecule has 0 radical (unpaired) electrons. The van der Waals surface area contributed by atoms with Crippen molar-refractivity contribution in [3.8, 4) is 5.82 Å². The Bertz CT molecular complexity index is 772. The zero-order chi connectivity index (χ0) is 14.3. The number of pyridine rings is 1. The molecule has 1 aromatic carbocycles. The zero-order valence-corrected chi connectivity index (χ0v) is 13.2. The molecule has 0 spiro atoms. The zero-order valence-electron chi connectivity index (χ0n) is 11.5. The maximum Gasteiger partial charge on any atom is 0.141 e. The molecule has 22 heavy (non-hydrogen) atoms. The number of rotatable bonds is 2. The molecule has 3 aromatic rings. The number of imidazole rings is 1. The van der Waals surface area contributed by atoms with Crippen molar-refractivity contribution in [2.24, 2.45) is 5.73 Å².